The van der Waals surface area contributed by atoms with Crippen molar-refractivity contribution in [2.45, 2.75) is 6.42 Å². The molecule has 2 heterocycles. The van der Waals surface area contributed by atoms with Gasteiger partial charge < -0.3 is 4.74 Å². The SMILES string of the molecule is C=Cc1scc2c1OCC2. The summed E-state index contributed by atoms with van der Waals surface area (Å²) in [6.45, 7) is 4.56. The number of ether oxygens (including phenoxy) is 1. The molecule has 2 rings (SSSR count). The Morgan fingerprint density at radius 1 is 1.70 bits per heavy atom. The third kappa shape index (κ3) is 0.688. The third-order valence-electron chi connectivity index (χ3n) is 1.65. The van der Waals surface area contributed by atoms with E-state index in [4.69, 9.17) is 4.74 Å². The van der Waals surface area contributed by atoms with Crippen LogP contribution in [0.5, 0.6) is 5.75 Å². The lowest BCUT2D eigenvalue weighted by Gasteiger charge is -1.93. The Morgan fingerprint density at radius 3 is 3.40 bits per heavy atom. The Kier molecular flexibility index (Phi) is 1.27. The van der Waals surface area contributed by atoms with Gasteiger partial charge in [-0.05, 0) is 11.5 Å². The van der Waals surface area contributed by atoms with Crippen LogP contribution >= 0.6 is 11.3 Å². The minimum Gasteiger partial charge on any atom is -0.491 e. The molecule has 52 valence electrons. The van der Waals surface area contributed by atoms with Crippen LogP contribution in [0.1, 0.15) is 10.4 Å². The average Bonchev–Trinajstić information content (AvgIpc) is 2.44. The van der Waals surface area contributed by atoms with Gasteiger partial charge in [0.1, 0.15) is 5.75 Å². The minimum atomic E-state index is 0.846. The van der Waals surface area contributed by atoms with E-state index in [0.717, 1.165) is 18.8 Å². The van der Waals surface area contributed by atoms with E-state index < -0.39 is 0 Å². The molecule has 10 heavy (non-hydrogen) atoms. The molecule has 2 heteroatoms. The molecule has 0 saturated heterocycles. The van der Waals surface area contributed by atoms with Crippen LogP contribution in [0.3, 0.4) is 0 Å². The van der Waals surface area contributed by atoms with Gasteiger partial charge in [-0.15, -0.1) is 11.3 Å². The lowest BCUT2D eigenvalue weighted by atomic mass is 10.2. The molecule has 0 bridgehead atoms. The Hall–Kier alpha value is -0.760. The number of thiophene rings is 1. The highest BCUT2D eigenvalue weighted by molar-refractivity contribution is 7.11. The van der Waals surface area contributed by atoms with Gasteiger partial charge in [0.15, 0.2) is 0 Å². The molecular weight excluding hydrogens is 144 g/mol. The maximum absolute atomic E-state index is 5.40. The van der Waals surface area contributed by atoms with E-state index in [1.165, 1.54) is 10.4 Å². The van der Waals surface area contributed by atoms with Gasteiger partial charge in [0, 0.05) is 12.0 Å². The van der Waals surface area contributed by atoms with Crippen molar-refractivity contribution in [3.8, 4) is 5.75 Å². The van der Waals surface area contributed by atoms with Crippen molar-refractivity contribution < 1.29 is 4.74 Å². The zero-order chi connectivity index (χ0) is 6.97. The highest BCUT2D eigenvalue weighted by Gasteiger charge is 2.16. The summed E-state index contributed by atoms with van der Waals surface area (Å²) in [5, 5.41) is 2.15. The average molecular weight is 152 g/mol. The number of rotatable bonds is 1. The molecule has 0 aromatic carbocycles. The molecule has 0 fully saturated rings. The van der Waals surface area contributed by atoms with Crippen molar-refractivity contribution in [2.75, 3.05) is 6.61 Å². The molecule has 0 radical (unpaired) electrons. The van der Waals surface area contributed by atoms with Crippen LogP contribution in [0.25, 0.3) is 6.08 Å². The number of hydrogen-bond acceptors (Lipinski definition) is 2. The van der Waals surface area contributed by atoms with Crippen molar-refractivity contribution in [2.24, 2.45) is 0 Å². The minimum absolute atomic E-state index is 0.846. The van der Waals surface area contributed by atoms with E-state index >= 15 is 0 Å². The molecule has 0 spiro atoms. The summed E-state index contributed by atoms with van der Waals surface area (Å²) in [6, 6.07) is 0. The summed E-state index contributed by atoms with van der Waals surface area (Å²) in [4.78, 5) is 1.17. The summed E-state index contributed by atoms with van der Waals surface area (Å²) in [5.74, 6) is 1.07. The van der Waals surface area contributed by atoms with Crippen LogP contribution in [0, 0.1) is 0 Å². The molecule has 0 atom stereocenters. The fourth-order valence-corrected chi connectivity index (χ4v) is 2.03. The molecule has 1 aromatic heterocycles. The summed E-state index contributed by atoms with van der Waals surface area (Å²) in [5.41, 5.74) is 1.35. The van der Waals surface area contributed by atoms with E-state index in [-0.39, 0.29) is 0 Å². The van der Waals surface area contributed by atoms with Gasteiger partial charge in [-0.3, -0.25) is 0 Å². The largest absolute Gasteiger partial charge is 0.491 e. The van der Waals surface area contributed by atoms with Gasteiger partial charge in [0.2, 0.25) is 0 Å². The lowest BCUT2D eigenvalue weighted by Crippen LogP contribution is -1.87. The summed E-state index contributed by atoms with van der Waals surface area (Å²) < 4.78 is 5.40. The van der Waals surface area contributed by atoms with E-state index in [1.807, 2.05) is 6.08 Å². The quantitative estimate of drug-likeness (QED) is 0.600. The van der Waals surface area contributed by atoms with E-state index in [0.29, 0.717) is 0 Å². The molecule has 0 amide bonds. The molecule has 0 saturated carbocycles. The zero-order valence-electron chi connectivity index (χ0n) is 5.59. The van der Waals surface area contributed by atoms with Crippen LogP contribution in [-0.4, -0.2) is 6.61 Å². The predicted octanol–water partition coefficient (Wildman–Crippen LogP) is 2.33. The summed E-state index contributed by atoms with van der Waals surface area (Å²) >= 11 is 1.71. The van der Waals surface area contributed by atoms with Crippen molar-refractivity contribution >= 4 is 17.4 Å². The molecule has 0 unspecified atom stereocenters. The van der Waals surface area contributed by atoms with Crippen LogP contribution in [0.2, 0.25) is 0 Å². The first-order chi connectivity index (χ1) is 4.92. The normalized spacial score (nSPS) is 14.4. The van der Waals surface area contributed by atoms with E-state index in [9.17, 15) is 0 Å². The highest BCUT2D eigenvalue weighted by atomic mass is 32.1. The molecule has 1 nitrogen and oxygen atoms in total. The van der Waals surface area contributed by atoms with Gasteiger partial charge in [-0.2, -0.15) is 0 Å². The maximum atomic E-state index is 5.40. The fraction of sp³-hybridized carbons (Fsp3) is 0.250. The molecule has 0 N–H and O–H groups in total. The van der Waals surface area contributed by atoms with Crippen LogP contribution in [0.15, 0.2) is 12.0 Å². The van der Waals surface area contributed by atoms with Gasteiger partial charge in [0.25, 0.3) is 0 Å². The first-order valence-electron chi connectivity index (χ1n) is 3.27. The third-order valence-corrected chi connectivity index (χ3v) is 2.66. The second kappa shape index (κ2) is 2.13. The Labute approximate surface area is 63.9 Å². The zero-order valence-corrected chi connectivity index (χ0v) is 6.41. The predicted molar refractivity (Wildman–Crippen MR) is 43.6 cm³/mol. The van der Waals surface area contributed by atoms with Gasteiger partial charge in [0.05, 0.1) is 11.5 Å². The highest BCUT2D eigenvalue weighted by Crippen LogP contribution is 2.35. The smallest absolute Gasteiger partial charge is 0.140 e. The lowest BCUT2D eigenvalue weighted by molar-refractivity contribution is 0.357. The van der Waals surface area contributed by atoms with Gasteiger partial charge >= 0.3 is 0 Å². The van der Waals surface area contributed by atoms with Crippen LogP contribution in [-0.2, 0) is 6.42 Å². The first kappa shape index (κ1) is 5.98. The molecule has 1 aliphatic rings. The van der Waals surface area contributed by atoms with Crippen molar-refractivity contribution in [3.05, 3.63) is 22.4 Å². The second-order valence-corrected chi connectivity index (χ2v) is 3.17. The van der Waals surface area contributed by atoms with Gasteiger partial charge in [-0.1, -0.05) is 6.58 Å². The van der Waals surface area contributed by atoms with Gasteiger partial charge in [-0.25, -0.2) is 0 Å². The van der Waals surface area contributed by atoms with E-state index in [1.54, 1.807) is 11.3 Å². The molecule has 1 aliphatic heterocycles. The summed E-state index contributed by atoms with van der Waals surface area (Å²) in [6.07, 6.45) is 2.93. The Balaban J connectivity index is 2.53. The number of hydrogen-bond donors (Lipinski definition) is 0. The van der Waals surface area contributed by atoms with E-state index in [2.05, 4.69) is 12.0 Å². The van der Waals surface area contributed by atoms with Crippen LogP contribution < -0.4 is 4.74 Å². The fourth-order valence-electron chi connectivity index (χ4n) is 1.14. The molecular formula is C8H8OS. The summed E-state index contributed by atoms with van der Waals surface area (Å²) in [7, 11) is 0. The Bertz CT molecular complexity index is 262. The molecule has 1 aromatic rings. The maximum Gasteiger partial charge on any atom is 0.140 e. The van der Waals surface area contributed by atoms with Crippen molar-refractivity contribution in [1.82, 2.24) is 0 Å². The monoisotopic (exact) mass is 152 g/mol. The topological polar surface area (TPSA) is 9.23 Å². The first-order valence-corrected chi connectivity index (χ1v) is 4.15. The second-order valence-electron chi connectivity index (χ2n) is 2.26. The van der Waals surface area contributed by atoms with Crippen molar-refractivity contribution in [3.63, 3.8) is 0 Å². The standard InChI is InChI=1S/C8H8OS/c1-2-7-8-6(5-10-7)3-4-9-8/h2,5H,1,3-4H2. The van der Waals surface area contributed by atoms with Crippen LogP contribution in [0.4, 0.5) is 0 Å². The van der Waals surface area contributed by atoms with Crippen molar-refractivity contribution in [1.29, 1.82) is 0 Å². The number of fused-ring (bicyclic) bond motifs is 1. The molecule has 0 aliphatic carbocycles. The Morgan fingerprint density at radius 2 is 2.60 bits per heavy atom.